The number of aromatic nitrogens is 4. The molecule has 162 valence electrons. The summed E-state index contributed by atoms with van der Waals surface area (Å²) in [5.41, 5.74) is 2.23. The van der Waals surface area contributed by atoms with Gasteiger partial charge in [-0.1, -0.05) is 12.1 Å². The van der Waals surface area contributed by atoms with Gasteiger partial charge in [0.15, 0.2) is 5.82 Å². The van der Waals surface area contributed by atoms with Crippen molar-refractivity contribution in [1.29, 1.82) is 0 Å². The highest BCUT2D eigenvalue weighted by atomic mass is 19.3. The monoisotopic (exact) mass is 427 g/mol. The van der Waals surface area contributed by atoms with Crippen LogP contribution in [0.2, 0.25) is 0 Å². The van der Waals surface area contributed by atoms with Gasteiger partial charge in [-0.3, -0.25) is 4.79 Å². The van der Waals surface area contributed by atoms with Crippen LogP contribution < -0.4 is 10.9 Å². The van der Waals surface area contributed by atoms with Gasteiger partial charge in [-0.15, -0.1) is 0 Å². The van der Waals surface area contributed by atoms with Gasteiger partial charge in [0, 0.05) is 29.5 Å². The van der Waals surface area contributed by atoms with Crippen LogP contribution in [0, 0.1) is 0 Å². The summed E-state index contributed by atoms with van der Waals surface area (Å²) < 4.78 is 33.5. The summed E-state index contributed by atoms with van der Waals surface area (Å²) in [6, 6.07) is 8.93. The van der Waals surface area contributed by atoms with Crippen molar-refractivity contribution < 1.29 is 13.5 Å². The third kappa shape index (κ3) is 4.01. The van der Waals surface area contributed by atoms with Crippen LogP contribution in [0.1, 0.15) is 55.2 Å². The molecule has 0 atom stereocenters. The summed E-state index contributed by atoms with van der Waals surface area (Å²) in [4.78, 5) is 20.6. The first kappa shape index (κ1) is 20.0. The molecular formula is C22H23F2N5O2. The van der Waals surface area contributed by atoms with Gasteiger partial charge in [-0.05, 0) is 37.8 Å². The molecule has 0 radical (unpaired) electrons. The molecule has 0 bridgehead atoms. The van der Waals surface area contributed by atoms with E-state index in [1.807, 2.05) is 12.1 Å². The number of rotatable bonds is 4. The van der Waals surface area contributed by atoms with Crippen molar-refractivity contribution in [3.63, 3.8) is 0 Å². The van der Waals surface area contributed by atoms with E-state index >= 15 is 0 Å². The fourth-order valence-corrected chi connectivity index (χ4v) is 4.45. The first-order valence-electron chi connectivity index (χ1n) is 10.6. The predicted octanol–water partition coefficient (Wildman–Crippen LogP) is 3.79. The van der Waals surface area contributed by atoms with Gasteiger partial charge in [0.25, 0.3) is 12.0 Å². The van der Waals surface area contributed by atoms with Crippen molar-refractivity contribution in [1.82, 2.24) is 19.7 Å². The molecule has 2 aliphatic rings. The SMILES string of the molecule is O=c1cc2c(nn1C1CCC(Nc3nc(C(F)F)nc4ccccc34)CC1)CCOC2. The standard InChI is InChI=1S/C22H23F2N5O2/c23-20(24)22-26-18-4-2-1-3-16(18)21(27-22)25-14-5-7-15(8-6-14)29-19(30)11-13-12-31-10-9-17(13)28-29/h1-4,11,14-15,20H,5-10,12H2,(H,25,26,27). The van der Waals surface area contributed by atoms with Gasteiger partial charge < -0.3 is 10.1 Å². The number of hydrogen-bond donors (Lipinski definition) is 1. The third-order valence-corrected chi connectivity index (χ3v) is 6.06. The lowest BCUT2D eigenvalue weighted by Crippen LogP contribution is -2.35. The fraction of sp³-hybridized carbons (Fsp3) is 0.455. The number of para-hydroxylation sites is 1. The first-order valence-corrected chi connectivity index (χ1v) is 10.6. The molecule has 7 nitrogen and oxygen atoms in total. The molecule has 3 heterocycles. The van der Waals surface area contributed by atoms with Crippen LogP contribution in [0.15, 0.2) is 35.1 Å². The van der Waals surface area contributed by atoms with Crippen LogP contribution in [0.5, 0.6) is 0 Å². The van der Waals surface area contributed by atoms with Crippen LogP contribution in [0.4, 0.5) is 14.6 Å². The zero-order valence-corrected chi connectivity index (χ0v) is 16.9. The van der Waals surface area contributed by atoms with E-state index in [1.165, 1.54) is 0 Å². The van der Waals surface area contributed by atoms with Gasteiger partial charge >= 0.3 is 0 Å². The molecule has 1 fully saturated rings. The Morgan fingerprint density at radius 2 is 1.94 bits per heavy atom. The van der Waals surface area contributed by atoms with Crippen molar-refractivity contribution in [3.8, 4) is 0 Å². The minimum atomic E-state index is -2.73. The van der Waals surface area contributed by atoms with Gasteiger partial charge in [0.2, 0.25) is 0 Å². The Balaban J connectivity index is 1.32. The fourth-order valence-electron chi connectivity index (χ4n) is 4.45. The lowest BCUT2D eigenvalue weighted by molar-refractivity contribution is 0.107. The molecule has 0 saturated heterocycles. The second-order valence-electron chi connectivity index (χ2n) is 8.10. The highest BCUT2D eigenvalue weighted by Crippen LogP contribution is 2.31. The Hall–Kier alpha value is -2.94. The van der Waals surface area contributed by atoms with E-state index in [1.54, 1.807) is 22.9 Å². The summed E-state index contributed by atoms with van der Waals surface area (Å²) in [6.45, 7) is 1.07. The van der Waals surface area contributed by atoms with E-state index < -0.39 is 12.2 Å². The number of fused-ring (bicyclic) bond motifs is 2. The van der Waals surface area contributed by atoms with Crippen LogP contribution >= 0.6 is 0 Å². The molecule has 1 aliphatic heterocycles. The molecule has 9 heteroatoms. The normalized spacial score (nSPS) is 21.3. The molecule has 5 rings (SSSR count). The van der Waals surface area contributed by atoms with E-state index in [0.717, 1.165) is 48.7 Å². The zero-order chi connectivity index (χ0) is 21.4. The third-order valence-electron chi connectivity index (χ3n) is 6.06. The average Bonchev–Trinajstić information content (AvgIpc) is 2.79. The summed E-state index contributed by atoms with van der Waals surface area (Å²) in [7, 11) is 0. The maximum Gasteiger partial charge on any atom is 0.297 e. The summed E-state index contributed by atoms with van der Waals surface area (Å²) in [5.74, 6) is -0.0305. The number of nitrogens with one attached hydrogen (secondary N) is 1. The molecule has 2 aromatic heterocycles. The van der Waals surface area contributed by atoms with Crippen molar-refractivity contribution in [2.24, 2.45) is 0 Å². The Bertz CT molecular complexity index is 1160. The summed E-state index contributed by atoms with van der Waals surface area (Å²) in [5, 5.41) is 8.69. The van der Waals surface area contributed by atoms with E-state index in [-0.39, 0.29) is 17.6 Å². The maximum atomic E-state index is 13.3. The smallest absolute Gasteiger partial charge is 0.297 e. The molecule has 3 aromatic rings. The lowest BCUT2D eigenvalue weighted by Gasteiger charge is -2.30. The van der Waals surface area contributed by atoms with Crippen molar-refractivity contribution in [2.45, 2.75) is 57.2 Å². The second-order valence-corrected chi connectivity index (χ2v) is 8.10. The van der Waals surface area contributed by atoms with Crippen LogP contribution in [0.3, 0.4) is 0 Å². The van der Waals surface area contributed by atoms with Crippen LogP contribution in [-0.2, 0) is 17.8 Å². The number of anilines is 1. The van der Waals surface area contributed by atoms with Crippen LogP contribution in [0.25, 0.3) is 10.9 Å². The van der Waals surface area contributed by atoms with Crippen molar-refractivity contribution in [2.75, 3.05) is 11.9 Å². The molecule has 1 N–H and O–H groups in total. The molecule has 0 amide bonds. The minimum absolute atomic E-state index is 0.0393. The number of halogens is 2. The Labute approximate surface area is 177 Å². The van der Waals surface area contributed by atoms with E-state index in [2.05, 4.69) is 20.4 Å². The maximum absolute atomic E-state index is 13.3. The summed E-state index contributed by atoms with van der Waals surface area (Å²) in [6.07, 6.45) is 1.14. The van der Waals surface area contributed by atoms with Gasteiger partial charge in [-0.25, -0.2) is 23.4 Å². The van der Waals surface area contributed by atoms with Crippen molar-refractivity contribution >= 4 is 16.7 Å². The van der Waals surface area contributed by atoms with Gasteiger partial charge in [-0.2, -0.15) is 5.10 Å². The Kier molecular flexibility index (Phi) is 5.35. The quantitative estimate of drug-likeness (QED) is 0.682. The van der Waals surface area contributed by atoms with Gasteiger partial charge in [0.1, 0.15) is 5.82 Å². The van der Waals surface area contributed by atoms with Crippen LogP contribution in [-0.4, -0.2) is 32.4 Å². The highest BCUT2D eigenvalue weighted by molar-refractivity contribution is 5.89. The topological polar surface area (TPSA) is 81.9 Å². The molecular weight excluding hydrogens is 404 g/mol. The van der Waals surface area contributed by atoms with E-state index in [4.69, 9.17) is 4.74 Å². The predicted molar refractivity (Wildman–Crippen MR) is 111 cm³/mol. The lowest BCUT2D eigenvalue weighted by atomic mass is 9.91. The zero-order valence-electron chi connectivity index (χ0n) is 16.9. The minimum Gasteiger partial charge on any atom is -0.376 e. The molecule has 1 saturated carbocycles. The number of benzene rings is 1. The number of alkyl halides is 2. The molecule has 31 heavy (non-hydrogen) atoms. The number of ether oxygens (including phenoxy) is 1. The molecule has 0 unspecified atom stereocenters. The first-order chi connectivity index (χ1) is 15.1. The van der Waals surface area contributed by atoms with Crippen molar-refractivity contribution in [3.05, 3.63) is 57.8 Å². The number of nitrogens with zero attached hydrogens (tertiary/aromatic N) is 4. The summed E-state index contributed by atoms with van der Waals surface area (Å²) >= 11 is 0. The highest BCUT2D eigenvalue weighted by Gasteiger charge is 2.26. The second kappa shape index (κ2) is 8.30. The van der Waals surface area contributed by atoms with Gasteiger partial charge in [0.05, 0.1) is 30.5 Å². The molecule has 1 aromatic carbocycles. The largest absolute Gasteiger partial charge is 0.376 e. The molecule has 0 spiro atoms. The average molecular weight is 427 g/mol. The van der Waals surface area contributed by atoms with E-state index in [9.17, 15) is 13.6 Å². The van der Waals surface area contributed by atoms with E-state index in [0.29, 0.717) is 24.5 Å². The Morgan fingerprint density at radius 1 is 1.13 bits per heavy atom. The Morgan fingerprint density at radius 3 is 2.74 bits per heavy atom. The number of hydrogen-bond acceptors (Lipinski definition) is 6. The molecule has 1 aliphatic carbocycles.